The number of aromatic nitrogens is 1. The summed E-state index contributed by atoms with van der Waals surface area (Å²) in [6, 6.07) is 17.1. The van der Waals surface area contributed by atoms with Crippen LogP contribution in [-0.4, -0.2) is 4.57 Å². The Labute approximate surface area is 214 Å². The number of nitriles is 1. The molecule has 0 fully saturated rings. The van der Waals surface area contributed by atoms with Crippen molar-refractivity contribution in [3.63, 3.8) is 0 Å². The number of halogens is 4. The Morgan fingerprint density at radius 1 is 1.06 bits per heavy atom. The summed E-state index contributed by atoms with van der Waals surface area (Å²) in [7, 11) is 0. The predicted molar refractivity (Wildman–Crippen MR) is 136 cm³/mol. The lowest BCUT2D eigenvalue weighted by molar-refractivity contribution is -0.137. The van der Waals surface area contributed by atoms with Crippen LogP contribution in [-0.2, 0) is 12.7 Å². The molecule has 0 aliphatic heterocycles. The zero-order valence-corrected chi connectivity index (χ0v) is 20.9. The van der Waals surface area contributed by atoms with Crippen LogP contribution in [0.5, 0.6) is 0 Å². The van der Waals surface area contributed by atoms with Crippen molar-refractivity contribution in [3.8, 4) is 27.1 Å². The third-order valence-corrected chi connectivity index (χ3v) is 7.17. The zero-order chi connectivity index (χ0) is 26.2. The smallest absolute Gasteiger partial charge is 0.302 e. The molecule has 0 bridgehead atoms. The van der Waals surface area contributed by atoms with E-state index in [2.05, 4.69) is 12.6 Å². The maximum Gasteiger partial charge on any atom is 0.417 e. The first kappa shape index (κ1) is 25.7. The number of hydrogen-bond donors (Lipinski definition) is 1. The van der Waals surface area contributed by atoms with Gasteiger partial charge in [-0.15, -0.1) is 24.0 Å². The van der Waals surface area contributed by atoms with E-state index in [1.54, 1.807) is 18.2 Å². The van der Waals surface area contributed by atoms with Crippen molar-refractivity contribution in [3.05, 3.63) is 99.1 Å². The van der Waals surface area contributed by atoms with Crippen LogP contribution in [0.3, 0.4) is 0 Å². The van der Waals surface area contributed by atoms with Crippen LogP contribution >= 0.6 is 24.0 Å². The molecular weight excluding hydrogens is 508 g/mol. The summed E-state index contributed by atoms with van der Waals surface area (Å²) in [6.07, 6.45) is -4.91. The fourth-order valence-corrected chi connectivity index (χ4v) is 5.18. The van der Waals surface area contributed by atoms with E-state index in [1.807, 2.05) is 32.0 Å². The van der Waals surface area contributed by atoms with E-state index in [0.717, 1.165) is 31.5 Å². The highest BCUT2D eigenvalue weighted by Crippen LogP contribution is 2.39. The molecule has 0 atom stereocenters. The van der Waals surface area contributed by atoms with Crippen molar-refractivity contribution in [2.24, 2.45) is 0 Å². The number of alkyl halides is 3. The standard InChI is InChI=1S/C27H20F4N2OS2/c1-15(2)17-9-18(11-19(35)10-17)24-7-8-25(36-24)23-12-21(27(29,30)31)20(13-32)26(34)33(23)14-16-5-3-4-6-22(16)28/h3-12,15,35H,14H2,1-2H3. The molecule has 0 saturated carbocycles. The van der Waals surface area contributed by atoms with Crippen LogP contribution in [0.1, 0.15) is 42.0 Å². The Hall–Kier alpha value is -3.35. The van der Waals surface area contributed by atoms with Gasteiger partial charge in [-0.05, 0) is 53.4 Å². The highest BCUT2D eigenvalue weighted by molar-refractivity contribution is 7.80. The van der Waals surface area contributed by atoms with E-state index < -0.39 is 28.7 Å². The molecule has 0 unspecified atom stereocenters. The topological polar surface area (TPSA) is 45.8 Å². The molecule has 9 heteroatoms. The van der Waals surface area contributed by atoms with Crippen molar-refractivity contribution in [1.29, 1.82) is 5.26 Å². The highest BCUT2D eigenvalue weighted by Gasteiger charge is 2.36. The van der Waals surface area contributed by atoms with Crippen LogP contribution in [0.15, 0.2) is 70.4 Å². The third-order valence-electron chi connectivity index (χ3n) is 5.75. The van der Waals surface area contributed by atoms with Gasteiger partial charge in [0.15, 0.2) is 0 Å². The summed E-state index contributed by atoms with van der Waals surface area (Å²) >= 11 is 5.68. The molecule has 0 aliphatic rings. The molecule has 0 spiro atoms. The molecule has 4 aromatic rings. The normalized spacial score (nSPS) is 11.6. The number of nitrogens with zero attached hydrogens (tertiary/aromatic N) is 2. The van der Waals surface area contributed by atoms with E-state index in [-0.39, 0.29) is 23.7 Å². The molecule has 36 heavy (non-hydrogen) atoms. The first-order valence-corrected chi connectivity index (χ1v) is 12.2. The number of thiol groups is 1. The molecule has 0 saturated heterocycles. The maximum atomic E-state index is 14.4. The molecule has 2 aromatic heterocycles. The first-order chi connectivity index (χ1) is 17.0. The fourth-order valence-electron chi connectivity index (χ4n) is 3.88. The van der Waals surface area contributed by atoms with Crippen LogP contribution in [0.25, 0.3) is 21.0 Å². The first-order valence-electron chi connectivity index (χ1n) is 10.9. The van der Waals surface area contributed by atoms with Crippen LogP contribution in [0.2, 0.25) is 0 Å². The molecule has 0 amide bonds. The summed E-state index contributed by atoms with van der Waals surface area (Å²) in [6.45, 7) is 3.76. The average Bonchev–Trinajstić information content (AvgIpc) is 3.30. The van der Waals surface area contributed by atoms with Crippen molar-refractivity contribution in [2.75, 3.05) is 0 Å². The lowest BCUT2D eigenvalue weighted by atomic mass is 10.0. The van der Waals surface area contributed by atoms with Gasteiger partial charge in [0.1, 0.15) is 17.4 Å². The van der Waals surface area contributed by atoms with E-state index >= 15 is 0 Å². The minimum atomic E-state index is -4.91. The average molecular weight is 529 g/mol. The van der Waals surface area contributed by atoms with Crippen molar-refractivity contribution >= 4 is 24.0 Å². The monoisotopic (exact) mass is 528 g/mol. The minimum Gasteiger partial charge on any atom is -0.302 e. The van der Waals surface area contributed by atoms with E-state index in [1.165, 1.54) is 35.6 Å². The number of hydrogen-bond acceptors (Lipinski definition) is 4. The number of benzene rings is 2. The van der Waals surface area contributed by atoms with Gasteiger partial charge in [0.2, 0.25) is 0 Å². The number of pyridine rings is 1. The molecule has 0 radical (unpaired) electrons. The van der Waals surface area contributed by atoms with E-state index in [4.69, 9.17) is 0 Å². The lowest BCUT2D eigenvalue weighted by Gasteiger charge is -2.17. The van der Waals surface area contributed by atoms with Gasteiger partial charge in [0, 0.05) is 15.3 Å². The Morgan fingerprint density at radius 2 is 1.75 bits per heavy atom. The van der Waals surface area contributed by atoms with Crippen LogP contribution in [0, 0.1) is 17.1 Å². The van der Waals surface area contributed by atoms with E-state index in [9.17, 15) is 27.6 Å². The quantitative estimate of drug-likeness (QED) is 0.213. The van der Waals surface area contributed by atoms with Gasteiger partial charge >= 0.3 is 6.18 Å². The third kappa shape index (κ3) is 5.11. The Balaban J connectivity index is 1.93. The summed E-state index contributed by atoms with van der Waals surface area (Å²) in [5.41, 5.74) is -1.49. The second-order valence-electron chi connectivity index (χ2n) is 8.54. The van der Waals surface area contributed by atoms with Gasteiger partial charge in [-0.25, -0.2) is 4.39 Å². The molecule has 4 rings (SSSR count). The van der Waals surface area contributed by atoms with Gasteiger partial charge in [-0.3, -0.25) is 4.79 Å². The highest BCUT2D eigenvalue weighted by atomic mass is 32.1. The van der Waals surface area contributed by atoms with Gasteiger partial charge < -0.3 is 4.57 Å². The lowest BCUT2D eigenvalue weighted by Crippen LogP contribution is -2.28. The molecule has 3 nitrogen and oxygen atoms in total. The zero-order valence-electron chi connectivity index (χ0n) is 19.2. The molecule has 184 valence electrons. The summed E-state index contributed by atoms with van der Waals surface area (Å²) < 4.78 is 56.8. The number of thiophene rings is 1. The Kier molecular flexibility index (Phi) is 7.12. The molecular formula is C27H20F4N2OS2. The Bertz CT molecular complexity index is 1540. The van der Waals surface area contributed by atoms with Crippen molar-refractivity contribution in [2.45, 2.75) is 37.4 Å². The summed E-state index contributed by atoms with van der Waals surface area (Å²) in [5.74, 6) is -0.360. The number of rotatable bonds is 5. The van der Waals surface area contributed by atoms with Gasteiger partial charge in [0.05, 0.1) is 22.7 Å². The molecule has 0 aliphatic carbocycles. The SMILES string of the molecule is CC(C)c1cc(S)cc(-c2ccc(-c3cc(C(F)(F)F)c(C#N)c(=O)n3Cc3ccccc3F)s2)c1. The van der Waals surface area contributed by atoms with Gasteiger partial charge in [0.25, 0.3) is 5.56 Å². The second kappa shape index (κ2) is 9.96. The Morgan fingerprint density at radius 3 is 2.39 bits per heavy atom. The van der Waals surface area contributed by atoms with Crippen molar-refractivity contribution < 1.29 is 17.6 Å². The minimum absolute atomic E-state index is 0.0445. The van der Waals surface area contributed by atoms with Crippen LogP contribution < -0.4 is 5.56 Å². The van der Waals surface area contributed by atoms with Crippen LogP contribution in [0.4, 0.5) is 17.6 Å². The molecule has 2 heterocycles. The predicted octanol–water partition coefficient (Wildman–Crippen LogP) is 7.73. The largest absolute Gasteiger partial charge is 0.417 e. The maximum absolute atomic E-state index is 14.4. The molecule has 2 aromatic carbocycles. The van der Waals surface area contributed by atoms with Gasteiger partial charge in [-0.1, -0.05) is 38.1 Å². The van der Waals surface area contributed by atoms with Crippen molar-refractivity contribution in [1.82, 2.24) is 4.57 Å². The fraction of sp³-hybridized carbons (Fsp3) is 0.185. The molecule has 0 N–H and O–H groups in total. The van der Waals surface area contributed by atoms with E-state index in [0.29, 0.717) is 4.88 Å². The van der Waals surface area contributed by atoms with Gasteiger partial charge in [-0.2, -0.15) is 18.4 Å². The summed E-state index contributed by atoms with van der Waals surface area (Å²) in [5, 5.41) is 9.38. The second-order valence-corrected chi connectivity index (χ2v) is 10.1. The summed E-state index contributed by atoms with van der Waals surface area (Å²) in [4.78, 5) is 15.0.